The van der Waals surface area contributed by atoms with Gasteiger partial charge in [-0.1, -0.05) is 18.2 Å². The van der Waals surface area contributed by atoms with Crippen molar-refractivity contribution in [2.75, 3.05) is 11.9 Å². The molecular weight excluding hydrogens is 330 g/mol. The van der Waals surface area contributed by atoms with Crippen LogP contribution in [0.3, 0.4) is 0 Å². The maximum absolute atomic E-state index is 11.8. The predicted molar refractivity (Wildman–Crippen MR) is 89.8 cm³/mol. The van der Waals surface area contributed by atoms with Gasteiger partial charge in [0.1, 0.15) is 0 Å². The maximum atomic E-state index is 11.8. The zero-order chi connectivity index (χ0) is 17.6. The standard InChI is InChI=1S/C16H17N3O4S/c17-24(22,23)14-8-6-13(7-9-14)19-15(20)10-11-18-16(21)12-4-2-1-3-5-12/h1-9H,10-11H2,(H,18,21)(H,19,20)(H2,17,22,23). The Labute approximate surface area is 139 Å². The number of carbonyl (C=O) groups is 2. The molecule has 2 rings (SSSR count). The van der Waals surface area contributed by atoms with Crippen molar-refractivity contribution in [2.45, 2.75) is 11.3 Å². The highest BCUT2D eigenvalue weighted by Crippen LogP contribution is 2.12. The molecule has 0 spiro atoms. The predicted octanol–water partition coefficient (Wildman–Crippen LogP) is 1.09. The van der Waals surface area contributed by atoms with Crippen molar-refractivity contribution in [3.63, 3.8) is 0 Å². The summed E-state index contributed by atoms with van der Waals surface area (Å²) in [6.45, 7) is 0.189. The summed E-state index contributed by atoms with van der Waals surface area (Å²) in [4.78, 5) is 23.6. The van der Waals surface area contributed by atoms with Crippen molar-refractivity contribution in [1.29, 1.82) is 0 Å². The molecule has 0 fully saturated rings. The second kappa shape index (κ2) is 7.71. The number of hydrogen-bond acceptors (Lipinski definition) is 4. The quantitative estimate of drug-likeness (QED) is 0.725. The SMILES string of the molecule is NS(=O)(=O)c1ccc(NC(=O)CCNC(=O)c2ccccc2)cc1. The smallest absolute Gasteiger partial charge is 0.251 e. The van der Waals surface area contributed by atoms with Gasteiger partial charge in [0.2, 0.25) is 15.9 Å². The second-order valence-corrected chi connectivity index (χ2v) is 6.55. The summed E-state index contributed by atoms with van der Waals surface area (Å²) < 4.78 is 22.3. The number of sulfonamides is 1. The van der Waals surface area contributed by atoms with Crippen LogP contribution in [0.5, 0.6) is 0 Å². The topological polar surface area (TPSA) is 118 Å². The molecule has 0 bridgehead atoms. The molecule has 0 saturated carbocycles. The highest BCUT2D eigenvalue weighted by molar-refractivity contribution is 7.89. The van der Waals surface area contributed by atoms with E-state index in [-0.39, 0.29) is 29.7 Å². The van der Waals surface area contributed by atoms with Gasteiger partial charge in [-0.25, -0.2) is 13.6 Å². The molecule has 2 amide bonds. The van der Waals surface area contributed by atoms with E-state index in [1.165, 1.54) is 24.3 Å². The monoisotopic (exact) mass is 347 g/mol. The molecule has 0 saturated heterocycles. The van der Waals surface area contributed by atoms with Crippen molar-refractivity contribution < 1.29 is 18.0 Å². The summed E-state index contributed by atoms with van der Waals surface area (Å²) in [5, 5.41) is 10.3. The largest absolute Gasteiger partial charge is 0.352 e. The molecule has 0 radical (unpaired) electrons. The van der Waals surface area contributed by atoms with Crippen LogP contribution in [0.2, 0.25) is 0 Å². The van der Waals surface area contributed by atoms with Crippen LogP contribution in [0.25, 0.3) is 0 Å². The van der Waals surface area contributed by atoms with E-state index in [2.05, 4.69) is 10.6 Å². The number of hydrogen-bond donors (Lipinski definition) is 3. The lowest BCUT2D eigenvalue weighted by molar-refractivity contribution is -0.116. The third-order valence-corrected chi connectivity index (χ3v) is 4.07. The van der Waals surface area contributed by atoms with E-state index in [1.54, 1.807) is 24.3 Å². The van der Waals surface area contributed by atoms with E-state index in [0.29, 0.717) is 11.3 Å². The molecule has 0 aliphatic carbocycles. The van der Waals surface area contributed by atoms with E-state index >= 15 is 0 Å². The molecule has 7 nitrogen and oxygen atoms in total. The molecule has 24 heavy (non-hydrogen) atoms. The lowest BCUT2D eigenvalue weighted by Gasteiger charge is -2.07. The van der Waals surface area contributed by atoms with Crippen molar-refractivity contribution in [2.24, 2.45) is 5.14 Å². The summed E-state index contributed by atoms with van der Waals surface area (Å²) >= 11 is 0. The third kappa shape index (κ3) is 5.18. The molecule has 2 aromatic rings. The van der Waals surface area contributed by atoms with E-state index in [0.717, 1.165) is 0 Å². The van der Waals surface area contributed by atoms with Gasteiger partial charge in [0.25, 0.3) is 5.91 Å². The molecule has 0 aliphatic heterocycles. The Bertz CT molecular complexity index is 818. The van der Waals surface area contributed by atoms with Crippen LogP contribution in [-0.2, 0) is 14.8 Å². The Morgan fingerprint density at radius 1 is 0.958 bits per heavy atom. The number of benzene rings is 2. The summed E-state index contributed by atoms with van der Waals surface area (Å²) in [5.41, 5.74) is 0.971. The zero-order valence-corrected chi connectivity index (χ0v) is 13.5. The van der Waals surface area contributed by atoms with Crippen molar-refractivity contribution in [3.8, 4) is 0 Å². The number of amides is 2. The van der Waals surface area contributed by atoms with Crippen LogP contribution < -0.4 is 15.8 Å². The van der Waals surface area contributed by atoms with Crippen molar-refractivity contribution >= 4 is 27.5 Å². The zero-order valence-electron chi connectivity index (χ0n) is 12.7. The van der Waals surface area contributed by atoms with Gasteiger partial charge >= 0.3 is 0 Å². The fourth-order valence-corrected chi connectivity index (χ4v) is 2.45. The molecular formula is C16H17N3O4S. The van der Waals surface area contributed by atoms with Gasteiger partial charge in [0.15, 0.2) is 0 Å². The summed E-state index contributed by atoms with van der Waals surface area (Å²) in [5.74, 6) is -0.548. The minimum atomic E-state index is -3.76. The van der Waals surface area contributed by atoms with Gasteiger partial charge in [-0.15, -0.1) is 0 Å². The van der Waals surface area contributed by atoms with Gasteiger partial charge < -0.3 is 10.6 Å². The van der Waals surface area contributed by atoms with Gasteiger partial charge in [-0.2, -0.15) is 0 Å². The summed E-state index contributed by atoms with van der Waals surface area (Å²) in [7, 11) is -3.76. The Morgan fingerprint density at radius 3 is 2.17 bits per heavy atom. The average molecular weight is 347 g/mol. The highest BCUT2D eigenvalue weighted by Gasteiger charge is 2.09. The van der Waals surface area contributed by atoms with Crippen LogP contribution >= 0.6 is 0 Å². The molecule has 8 heteroatoms. The van der Waals surface area contributed by atoms with E-state index in [1.807, 2.05) is 6.07 Å². The number of anilines is 1. The van der Waals surface area contributed by atoms with Crippen LogP contribution in [0.15, 0.2) is 59.5 Å². The molecule has 2 aromatic carbocycles. The molecule has 4 N–H and O–H groups in total. The van der Waals surface area contributed by atoms with Crippen molar-refractivity contribution in [1.82, 2.24) is 5.32 Å². The van der Waals surface area contributed by atoms with E-state index in [9.17, 15) is 18.0 Å². The average Bonchev–Trinajstić information content (AvgIpc) is 2.55. The number of nitrogens with two attached hydrogens (primary N) is 1. The van der Waals surface area contributed by atoms with Crippen LogP contribution in [-0.4, -0.2) is 26.8 Å². The highest BCUT2D eigenvalue weighted by atomic mass is 32.2. The van der Waals surface area contributed by atoms with Crippen LogP contribution in [0.4, 0.5) is 5.69 Å². The fraction of sp³-hybridized carbons (Fsp3) is 0.125. The van der Waals surface area contributed by atoms with Gasteiger partial charge in [0, 0.05) is 24.2 Å². The third-order valence-electron chi connectivity index (χ3n) is 3.14. The summed E-state index contributed by atoms with van der Waals surface area (Å²) in [6.07, 6.45) is 0.0928. The Balaban J connectivity index is 1.80. The number of rotatable bonds is 6. The fourth-order valence-electron chi connectivity index (χ4n) is 1.93. The Morgan fingerprint density at radius 2 is 1.58 bits per heavy atom. The Kier molecular flexibility index (Phi) is 5.67. The molecule has 0 aliphatic rings. The van der Waals surface area contributed by atoms with E-state index in [4.69, 9.17) is 5.14 Å². The minimum absolute atomic E-state index is 0.0318. The first kappa shape index (κ1) is 17.6. The van der Waals surface area contributed by atoms with Crippen LogP contribution in [0, 0.1) is 0 Å². The first-order valence-corrected chi connectivity index (χ1v) is 8.67. The molecule has 0 heterocycles. The lowest BCUT2D eigenvalue weighted by Crippen LogP contribution is -2.27. The molecule has 0 aromatic heterocycles. The molecule has 126 valence electrons. The van der Waals surface area contributed by atoms with E-state index < -0.39 is 10.0 Å². The Hall–Kier alpha value is -2.71. The number of nitrogens with one attached hydrogen (secondary N) is 2. The van der Waals surface area contributed by atoms with Gasteiger partial charge in [-0.3, -0.25) is 9.59 Å². The second-order valence-electron chi connectivity index (χ2n) is 4.99. The lowest BCUT2D eigenvalue weighted by atomic mass is 10.2. The van der Waals surface area contributed by atoms with Gasteiger partial charge in [0.05, 0.1) is 4.90 Å². The van der Waals surface area contributed by atoms with Crippen LogP contribution in [0.1, 0.15) is 16.8 Å². The molecule has 0 unspecified atom stereocenters. The number of primary sulfonamides is 1. The minimum Gasteiger partial charge on any atom is -0.352 e. The summed E-state index contributed by atoms with van der Waals surface area (Å²) in [6, 6.07) is 14.2. The molecule has 0 atom stereocenters. The van der Waals surface area contributed by atoms with Crippen molar-refractivity contribution in [3.05, 3.63) is 60.2 Å². The maximum Gasteiger partial charge on any atom is 0.251 e. The first-order chi connectivity index (χ1) is 11.4. The first-order valence-electron chi connectivity index (χ1n) is 7.12. The normalized spacial score (nSPS) is 10.9. The number of carbonyl (C=O) groups excluding carboxylic acids is 2. The van der Waals surface area contributed by atoms with Gasteiger partial charge in [-0.05, 0) is 36.4 Å².